The minimum Gasteiger partial charge on any atom is -0.349 e. The van der Waals surface area contributed by atoms with Crippen molar-refractivity contribution in [1.82, 2.24) is 19.8 Å². The number of rotatable bonds is 6. The first-order valence-corrected chi connectivity index (χ1v) is 12.7. The minimum atomic E-state index is -0.00887. The summed E-state index contributed by atoms with van der Waals surface area (Å²) < 4.78 is 3.29. The lowest BCUT2D eigenvalue weighted by atomic mass is 9.96. The highest BCUT2D eigenvalue weighted by molar-refractivity contribution is 9.10. The third kappa shape index (κ3) is 4.93. The Bertz CT molecular complexity index is 1270. The van der Waals surface area contributed by atoms with Crippen LogP contribution in [0.25, 0.3) is 16.7 Å². The lowest BCUT2D eigenvalue weighted by molar-refractivity contribution is -0.127. The van der Waals surface area contributed by atoms with E-state index in [9.17, 15) is 4.79 Å². The van der Waals surface area contributed by atoms with Crippen LogP contribution >= 0.6 is 15.9 Å². The van der Waals surface area contributed by atoms with Gasteiger partial charge in [-0.1, -0.05) is 58.4 Å². The summed E-state index contributed by atoms with van der Waals surface area (Å²) in [6, 6.07) is 26.7. The third-order valence-electron chi connectivity index (χ3n) is 6.61. The molecule has 4 aromatic rings. The average molecular weight is 517 g/mol. The Hall–Kier alpha value is -2.96. The second-order valence-electron chi connectivity index (χ2n) is 9.04. The van der Waals surface area contributed by atoms with Crippen LogP contribution in [0.3, 0.4) is 0 Å². The van der Waals surface area contributed by atoms with Gasteiger partial charge in [0.15, 0.2) is 0 Å². The first-order chi connectivity index (χ1) is 16.6. The van der Waals surface area contributed by atoms with Crippen LogP contribution in [0.15, 0.2) is 83.3 Å². The number of nitrogens with zero attached hydrogens (tertiary/aromatic N) is 3. The number of fused-ring (bicyclic) bond motifs is 1. The van der Waals surface area contributed by atoms with Crippen molar-refractivity contribution in [1.29, 1.82) is 0 Å². The zero-order valence-electron chi connectivity index (χ0n) is 19.3. The Kier molecular flexibility index (Phi) is 6.79. The van der Waals surface area contributed by atoms with Gasteiger partial charge in [-0.2, -0.15) is 0 Å². The standard InChI is InChI=1S/C28H29BrN4O/c1-20(21-8-3-2-4-9-21)30-28(34)22-10-7-17-32(18-22)19-27-31-25-11-5-6-12-26(25)33(27)24-15-13-23(29)14-16-24/h2-6,8-9,11-16,20,22H,7,10,17-19H2,1H3,(H,30,34)/t20-,22+/m1/s1. The Labute approximate surface area is 208 Å². The van der Waals surface area contributed by atoms with Crippen LogP contribution < -0.4 is 5.32 Å². The summed E-state index contributed by atoms with van der Waals surface area (Å²) in [5.41, 5.74) is 4.31. The van der Waals surface area contributed by atoms with Crippen LogP contribution in [0.2, 0.25) is 0 Å². The molecule has 2 heterocycles. The van der Waals surface area contributed by atoms with Gasteiger partial charge in [-0.25, -0.2) is 4.98 Å². The van der Waals surface area contributed by atoms with Gasteiger partial charge in [0.25, 0.3) is 0 Å². The highest BCUT2D eigenvalue weighted by atomic mass is 79.9. The van der Waals surface area contributed by atoms with E-state index in [2.05, 4.69) is 92.2 Å². The van der Waals surface area contributed by atoms with Gasteiger partial charge in [0, 0.05) is 16.7 Å². The molecule has 1 fully saturated rings. The van der Waals surface area contributed by atoms with Gasteiger partial charge in [-0.15, -0.1) is 0 Å². The van der Waals surface area contributed by atoms with Crippen molar-refractivity contribution in [2.75, 3.05) is 13.1 Å². The maximum atomic E-state index is 13.1. The SMILES string of the molecule is C[C@@H](NC(=O)[C@H]1CCCN(Cc2nc3ccccc3n2-c2ccc(Br)cc2)C1)c1ccccc1. The van der Waals surface area contributed by atoms with E-state index in [4.69, 9.17) is 4.98 Å². The molecule has 5 nitrogen and oxygen atoms in total. The first-order valence-electron chi connectivity index (χ1n) is 11.9. The Balaban J connectivity index is 1.33. The molecule has 1 N–H and O–H groups in total. The number of imidazole rings is 1. The summed E-state index contributed by atoms with van der Waals surface area (Å²) in [6.07, 6.45) is 1.93. The van der Waals surface area contributed by atoms with Crippen molar-refractivity contribution >= 4 is 32.9 Å². The highest BCUT2D eigenvalue weighted by Gasteiger charge is 2.28. The monoisotopic (exact) mass is 516 g/mol. The molecule has 0 spiro atoms. The van der Waals surface area contributed by atoms with Gasteiger partial charge in [-0.05, 0) is 68.3 Å². The number of halogens is 1. The number of hydrogen-bond donors (Lipinski definition) is 1. The molecule has 34 heavy (non-hydrogen) atoms. The summed E-state index contributed by atoms with van der Waals surface area (Å²) in [6.45, 7) is 4.48. The van der Waals surface area contributed by atoms with E-state index in [1.807, 2.05) is 24.3 Å². The number of likely N-dealkylation sites (tertiary alicyclic amines) is 1. The maximum absolute atomic E-state index is 13.1. The number of para-hydroxylation sites is 2. The van der Waals surface area contributed by atoms with E-state index >= 15 is 0 Å². The summed E-state index contributed by atoms with van der Waals surface area (Å²) in [5.74, 6) is 1.13. The number of nitrogens with one attached hydrogen (secondary N) is 1. The third-order valence-corrected chi connectivity index (χ3v) is 7.14. The number of carbonyl (C=O) groups is 1. The van der Waals surface area contributed by atoms with Gasteiger partial charge in [-0.3, -0.25) is 14.3 Å². The predicted molar refractivity (Wildman–Crippen MR) is 140 cm³/mol. The molecule has 5 rings (SSSR count). The smallest absolute Gasteiger partial charge is 0.224 e. The van der Waals surface area contributed by atoms with E-state index in [1.165, 1.54) is 0 Å². The van der Waals surface area contributed by atoms with Crippen LogP contribution in [0, 0.1) is 5.92 Å². The molecule has 6 heteroatoms. The fraction of sp³-hybridized carbons (Fsp3) is 0.286. The molecule has 0 radical (unpaired) electrons. The number of aromatic nitrogens is 2. The molecule has 1 aliphatic rings. The van der Waals surface area contributed by atoms with E-state index in [-0.39, 0.29) is 17.9 Å². The van der Waals surface area contributed by atoms with E-state index < -0.39 is 0 Å². The van der Waals surface area contributed by atoms with Gasteiger partial charge in [0.1, 0.15) is 5.82 Å². The van der Waals surface area contributed by atoms with E-state index in [0.717, 1.165) is 58.5 Å². The Morgan fingerprint density at radius 1 is 1.06 bits per heavy atom. The number of carbonyl (C=O) groups excluding carboxylic acids is 1. The maximum Gasteiger partial charge on any atom is 0.224 e. The second kappa shape index (κ2) is 10.1. The van der Waals surface area contributed by atoms with Crippen molar-refractivity contribution in [3.63, 3.8) is 0 Å². The van der Waals surface area contributed by atoms with E-state index in [0.29, 0.717) is 6.54 Å². The van der Waals surface area contributed by atoms with Crippen molar-refractivity contribution in [2.45, 2.75) is 32.4 Å². The zero-order chi connectivity index (χ0) is 23.5. The van der Waals surface area contributed by atoms with Crippen molar-refractivity contribution < 1.29 is 4.79 Å². The summed E-state index contributed by atoms with van der Waals surface area (Å²) in [5, 5.41) is 3.22. The van der Waals surface area contributed by atoms with Gasteiger partial charge >= 0.3 is 0 Å². The number of amides is 1. The quantitative estimate of drug-likeness (QED) is 0.348. The molecule has 174 valence electrons. The highest BCUT2D eigenvalue weighted by Crippen LogP contribution is 2.26. The number of benzene rings is 3. The molecule has 2 atom stereocenters. The first kappa shape index (κ1) is 22.8. The fourth-order valence-electron chi connectivity index (χ4n) is 4.83. The fourth-order valence-corrected chi connectivity index (χ4v) is 5.09. The van der Waals surface area contributed by atoms with Gasteiger partial charge < -0.3 is 5.32 Å². The van der Waals surface area contributed by atoms with Crippen LogP contribution in [0.4, 0.5) is 0 Å². The molecule has 0 saturated carbocycles. The lowest BCUT2D eigenvalue weighted by Gasteiger charge is -2.32. The van der Waals surface area contributed by atoms with Gasteiger partial charge in [0.05, 0.1) is 29.5 Å². The molecule has 3 aromatic carbocycles. The normalized spacial score (nSPS) is 17.5. The summed E-state index contributed by atoms with van der Waals surface area (Å²) >= 11 is 3.54. The van der Waals surface area contributed by atoms with Crippen molar-refractivity contribution in [3.05, 3.63) is 94.7 Å². The minimum absolute atomic E-state index is 0.00526. The Morgan fingerprint density at radius 3 is 2.59 bits per heavy atom. The van der Waals surface area contributed by atoms with Crippen LogP contribution in [-0.2, 0) is 11.3 Å². The number of piperidine rings is 1. The largest absolute Gasteiger partial charge is 0.349 e. The molecular weight excluding hydrogens is 488 g/mol. The van der Waals surface area contributed by atoms with Crippen LogP contribution in [0.5, 0.6) is 0 Å². The zero-order valence-corrected chi connectivity index (χ0v) is 20.9. The summed E-state index contributed by atoms with van der Waals surface area (Å²) in [7, 11) is 0. The van der Waals surface area contributed by atoms with Crippen molar-refractivity contribution in [3.8, 4) is 5.69 Å². The molecule has 0 bridgehead atoms. The molecule has 1 amide bonds. The predicted octanol–water partition coefficient (Wildman–Crippen LogP) is 5.88. The average Bonchev–Trinajstić information content (AvgIpc) is 3.23. The van der Waals surface area contributed by atoms with Crippen LogP contribution in [-0.4, -0.2) is 33.4 Å². The molecule has 1 aromatic heterocycles. The van der Waals surface area contributed by atoms with E-state index in [1.54, 1.807) is 0 Å². The van der Waals surface area contributed by atoms with Crippen molar-refractivity contribution in [2.24, 2.45) is 5.92 Å². The Morgan fingerprint density at radius 2 is 1.79 bits per heavy atom. The lowest BCUT2D eigenvalue weighted by Crippen LogP contribution is -2.43. The van der Waals surface area contributed by atoms with Crippen LogP contribution in [0.1, 0.15) is 37.2 Å². The molecule has 1 aliphatic heterocycles. The molecule has 0 unspecified atom stereocenters. The topological polar surface area (TPSA) is 50.2 Å². The molecule has 0 aliphatic carbocycles. The second-order valence-corrected chi connectivity index (χ2v) is 9.96. The molecule has 1 saturated heterocycles. The van der Waals surface area contributed by atoms with Gasteiger partial charge in [0.2, 0.25) is 5.91 Å². The molecular formula is C28H29BrN4O. The summed E-state index contributed by atoms with van der Waals surface area (Å²) in [4.78, 5) is 20.4. The number of hydrogen-bond acceptors (Lipinski definition) is 3.